The van der Waals surface area contributed by atoms with Gasteiger partial charge in [-0.1, -0.05) is 54.4 Å². The second kappa shape index (κ2) is 7.73. The van der Waals surface area contributed by atoms with Crippen molar-refractivity contribution in [2.24, 2.45) is 0 Å². The molecule has 2 aromatic rings. The molecular formula is C22H25NO3. The summed E-state index contributed by atoms with van der Waals surface area (Å²) in [5.74, 6) is -0.670. The molecule has 1 aliphatic rings. The minimum absolute atomic E-state index is 0.0253. The lowest BCUT2D eigenvalue weighted by molar-refractivity contribution is -0.131. The molecule has 0 heterocycles. The first-order chi connectivity index (χ1) is 12.5. The maximum absolute atomic E-state index is 12.8. The zero-order valence-electron chi connectivity index (χ0n) is 15.3. The number of benzene rings is 2. The maximum Gasteiger partial charge on any atom is 0.335 e. The summed E-state index contributed by atoms with van der Waals surface area (Å²) in [6.07, 6.45) is 3.29. The summed E-state index contributed by atoms with van der Waals surface area (Å²) in [5, 5.41) is 9.32. The molecule has 0 spiro atoms. The summed E-state index contributed by atoms with van der Waals surface area (Å²) in [6.45, 7) is 2.07. The van der Waals surface area contributed by atoms with Gasteiger partial charge >= 0.3 is 5.97 Å². The Bertz CT molecular complexity index is 797. The van der Waals surface area contributed by atoms with Gasteiger partial charge in [-0.05, 0) is 37.0 Å². The molecule has 2 unspecified atom stereocenters. The van der Waals surface area contributed by atoms with Crippen LogP contribution in [0.4, 0.5) is 0 Å². The van der Waals surface area contributed by atoms with Crippen molar-refractivity contribution in [1.82, 2.24) is 4.90 Å². The number of carboxylic acid groups (broad SMARTS) is 1. The number of carbonyl (C=O) groups excluding carboxylic acids is 1. The van der Waals surface area contributed by atoms with E-state index in [9.17, 15) is 14.7 Å². The molecule has 1 amide bonds. The number of likely N-dealkylation sites (N-methyl/N-ethyl adjacent to an activating group) is 1. The van der Waals surface area contributed by atoms with Gasteiger partial charge in [-0.2, -0.15) is 0 Å². The smallest absolute Gasteiger partial charge is 0.335 e. The first-order valence-electron chi connectivity index (χ1n) is 9.11. The van der Waals surface area contributed by atoms with Gasteiger partial charge in [0, 0.05) is 19.0 Å². The predicted octanol–water partition coefficient (Wildman–Crippen LogP) is 4.03. The highest BCUT2D eigenvalue weighted by Crippen LogP contribution is 2.37. The Hall–Kier alpha value is -2.62. The standard InChI is InChI=1S/C22H25NO3/c1-15-10-12-16(13-11-15)18-8-5-9-20(18)23(2)21(24)14-17-6-3-4-7-19(17)22(25)26/h3-4,6-7,10-13,18,20H,5,8-9,14H2,1-2H3,(H,25,26). The molecule has 1 fully saturated rings. The van der Waals surface area contributed by atoms with Gasteiger partial charge in [-0.25, -0.2) is 4.79 Å². The number of amides is 1. The van der Waals surface area contributed by atoms with Crippen LogP contribution >= 0.6 is 0 Å². The summed E-state index contributed by atoms with van der Waals surface area (Å²) < 4.78 is 0. The molecule has 0 bridgehead atoms. The highest BCUT2D eigenvalue weighted by atomic mass is 16.4. The zero-order chi connectivity index (χ0) is 18.7. The van der Waals surface area contributed by atoms with Gasteiger partial charge in [0.1, 0.15) is 0 Å². The van der Waals surface area contributed by atoms with Crippen molar-refractivity contribution < 1.29 is 14.7 Å². The third kappa shape index (κ3) is 3.79. The second-order valence-corrected chi connectivity index (χ2v) is 7.16. The Morgan fingerprint density at radius 3 is 2.46 bits per heavy atom. The molecule has 3 rings (SSSR count). The molecule has 0 aromatic heterocycles. The van der Waals surface area contributed by atoms with Gasteiger partial charge in [-0.15, -0.1) is 0 Å². The molecule has 1 saturated carbocycles. The fourth-order valence-electron chi connectivity index (χ4n) is 3.96. The number of hydrogen-bond donors (Lipinski definition) is 1. The number of carbonyl (C=O) groups is 2. The van der Waals surface area contributed by atoms with Gasteiger partial charge in [0.2, 0.25) is 5.91 Å². The van der Waals surface area contributed by atoms with Crippen molar-refractivity contribution in [3.63, 3.8) is 0 Å². The van der Waals surface area contributed by atoms with Crippen LogP contribution < -0.4 is 0 Å². The van der Waals surface area contributed by atoms with Crippen LogP contribution in [-0.2, 0) is 11.2 Å². The molecule has 1 N–H and O–H groups in total. The highest BCUT2D eigenvalue weighted by Gasteiger charge is 2.33. The Morgan fingerprint density at radius 1 is 1.08 bits per heavy atom. The topological polar surface area (TPSA) is 57.6 Å². The Balaban J connectivity index is 1.75. The van der Waals surface area contributed by atoms with Crippen LogP contribution in [0.15, 0.2) is 48.5 Å². The lowest BCUT2D eigenvalue weighted by Gasteiger charge is -2.30. The molecular weight excluding hydrogens is 326 g/mol. The number of nitrogens with zero attached hydrogens (tertiary/aromatic N) is 1. The largest absolute Gasteiger partial charge is 0.478 e. The molecule has 136 valence electrons. The molecule has 4 heteroatoms. The van der Waals surface area contributed by atoms with Gasteiger partial charge in [0.05, 0.1) is 12.0 Å². The fourth-order valence-corrected chi connectivity index (χ4v) is 3.96. The molecule has 2 aromatic carbocycles. The zero-order valence-corrected chi connectivity index (χ0v) is 15.3. The first-order valence-corrected chi connectivity index (χ1v) is 9.11. The maximum atomic E-state index is 12.8. The minimum Gasteiger partial charge on any atom is -0.478 e. The second-order valence-electron chi connectivity index (χ2n) is 7.16. The number of aryl methyl sites for hydroxylation is 1. The Labute approximate surface area is 154 Å². The fraction of sp³-hybridized carbons (Fsp3) is 0.364. The molecule has 0 saturated heterocycles. The average molecular weight is 351 g/mol. The van der Waals surface area contributed by atoms with Crippen molar-refractivity contribution in [2.75, 3.05) is 7.05 Å². The quantitative estimate of drug-likeness (QED) is 0.885. The van der Waals surface area contributed by atoms with E-state index in [-0.39, 0.29) is 23.9 Å². The number of carboxylic acids is 1. The summed E-state index contributed by atoms with van der Waals surface area (Å²) in [4.78, 5) is 26.0. The van der Waals surface area contributed by atoms with E-state index in [1.807, 2.05) is 11.9 Å². The van der Waals surface area contributed by atoms with Crippen LogP contribution in [-0.4, -0.2) is 35.0 Å². The molecule has 0 aliphatic heterocycles. The van der Waals surface area contributed by atoms with Crippen molar-refractivity contribution in [2.45, 2.75) is 44.6 Å². The summed E-state index contributed by atoms with van der Waals surface area (Å²) in [7, 11) is 1.85. The van der Waals surface area contributed by atoms with E-state index in [0.717, 1.165) is 19.3 Å². The lowest BCUT2D eigenvalue weighted by Crippen LogP contribution is -2.39. The van der Waals surface area contributed by atoms with Crippen LogP contribution in [0.1, 0.15) is 52.2 Å². The summed E-state index contributed by atoms with van der Waals surface area (Å²) in [6, 6.07) is 15.5. The van der Waals surface area contributed by atoms with E-state index >= 15 is 0 Å². The summed E-state index contributed by atoms with van der Waals surface area (Å²) in [5.41, 5.74) is 3.29. The number of aromatic carboxylic acids is 1. The van der Waals surface area contributed by atoms with Crippen LogP contribution in [0.25, 0.3) is 0 Å². The van der Waals surface area contributed by atoms with Crippen molar-refractivity contribution in [3.05, 3.63) is 70.8 Å². The minimum atomic E-state index is -0.991. The highest BCUT2D eigenvalue weighted by molar-refractivity contribution is 5.91. The van der Waals surface area contributed by atoms with Gasteiger partial charge < -0.3 is 10.0 Å². The SMILES string of the molecule is Cc1ccc(C2CCCC2N(C)C(=O)Cc2ccccc2C(=O)O)cc1. The molecule has 4 nitrogen and oxygen atoms in total. The van der Waals surface area contributed by atoms with Crippen LogP contribution in [0.5, 0.6) is 0 Å². The van der Waals surface area contributed by atoms with Crippen molar-refractivity contribution >= 4 is 11.9 Å². The van der Waals surface area contributed by atoms with Crippen molar-refractivity contribution in [3.8, 4) is 0 Å². The van der Waals surface area contributed by atoms with Crippen molar-refractivity contribution in [1.29, 1.82) is 0 Å². The molecule has 26 heavy (non-hydrogen) atoms. The third-order valence-corrected chi connectivity index (χ3v) is 5.47. The number of hydrogen-bond acceptors (Lipinski definition) is 2. The first kappa shape index (κ1) is 18.2. The molecule has 1 aliphatic carbocycles. The molecule has 0 radical (unpaired) electrons. The van der Waals surface area contributed by atoms with Gasteiger partial charge in [0.15, 0.2) is 0 Å². The molecule has 2 atom stereocenters. The van der Waals surface area contributed by atoms with E-state index in [1.54, 1.807) is 24.3 Å². The summed E-state index contributed by atoms with van der Waals surface area (Å²) >= 11 is 0. The van der Waals surface area contributed by atoms with E-state index in [1.165, 1.54) is 11.1 Å². The Morgan fingerprint density at radius 2 is 1.77 bits per heavy atom. The lowest BCUT2D eigenvalue weighted by atomic mass is 9.92. The Kier molecular flexibility index (Phi) is 5.40. The third-order valence-electron chi connectivity index (χ3n) is 5.47. The van der Waals surface area contributed by atoms with Crippen LogP contribution in [0, 0.1) is 6.92 Å². The van der Waals surface area contributed by atoms with E-state index < -0.39 is 5.97 Å². The monoisotopic (exact) mass is 351 g/mol. The van der Waals surface area contributed by atoms with Crippen LogP contribution in [0.3, 0.4) is 0 Å². The van der Waals surface area contributed by atoms with Crippen LogP contribution in [0.2, 0.25) is 0 Å². The average Bonchev–Trinajstić information content (AvgIpc) is 3.11. The van der Waals surface area contributed by atoms with E-state index in [0.29, 0.717) is 11.5 Å². The number of rotatable bonds is 5. The van der Waals surface area contributed by atoms with Gasteiger partial charge in [-0.3, -0.25) is 4.79 Å². The van der Waals surface area contributed by atoms with Gasteiger partial charge in [0.25, 0.3) is 0 Å². The van der Waals surface area contributed by atoms with E-state index in [4.69, 9.17) is 0 Å². The van der Waals surface area contributed by atoms with E-state index in [2.05, 4.69) is 31.2 Å². The normalized spacial score (nSPS) is 19.3. The predicted molar refractivity (Wildman–Crippen MR) is 101 cm³/mol.